The summed E-state index contributed by atoms with van der Waals surface area (Å²) in [5.74, 6) is -0.978. The van der Waals surface area contributed by atoms with E-state index >= 15 is 0 Å². The summed E-state index contributed by atoms with van der Waals surface area (Å²) in [5.41, 5.74) is 4.52. The first-order valence-electron chi connectivity index (χ1n) is 7.83. The van der Waals surface area contributed by atoms with E-state index in [-0.39, 0.29) is 11.3 Å². The van der Waals surface area contributed by atoms with Crippen molar-refractivity contribution < 1.29 is 14.3 Å². The Morgan fingerprint density at radius 3 is 2.71 bits per heavy atom. The van der Waals surface area contributed by atoms with Crippen LogP contribution in [0.5, 0.6) is 0 Å². The summed E-state index contributed by atoms with van der Waals surface area (Å²) in [7, 11) is 0. The third kappa shape index (κ3) is 3.00. The number of nitrogens with one attached hydrogen (secondary N) is 2. The highest BCUT2D eigenvalue weighted by Gasteiger charge is 2.24. The highest BCUT2D eigenvalue weighted by atomic mass is 16.5. The number of rotatable bonds is 3. The van der Waals surface area contributed by atoms with Crippen LogP contribution < -0.4 is 16.4 Å². The van der Waals surface area contributed by atoms with Gasteiger partial charge in [0.05, 0.1) is 5.39 Å². The number of hydrogen-bond acceptors (Lipinski definition) is 5. The van der Waals surface area contributed by atoms with Gasteiger partial charge >= 0.3 is 0 Å². The van der Waals surface area contributed by atoms with Gasteiger partial charge in [-0.1, -0.05) is 18.2 Å². The van der Waals surface area contributed by atoms with Crippen LogP contribution in [-0.2, 0) is 16.1 Å². The first kappa shape index (κ1) is 16.1. The molecule has 8 nitrogen and oxygen atoms in total. The van der Waals surface area contributed by atoms with Crippen LogP contribution in [-0.4, -0.2) is 34.3 Å². The number of amides is 2. The third-order valence-corrected chi connectivity index (χ3v) is 3.90. The number of benzene rings is 1. The molecule has 1 aliphatic heterocycles. The van der Waals surface area contributed by atoms with Gasteiger partial charge in [-0.05, 0) is 25.8 Å². The average molecular weight is 330 g/mol. The molecule has 0 bridgehead atoms. The molecule has 3 rings (SSSR count). The van der Waals surface area contributed by atoms with Crippen molar-refractivity contribution in [3.8, 4) is 0 Å². The van der Waals surface area contributed by atoms with E-state index in [4.69, 9.17) is 4.74 Å². The van der Waals surface area contributed by atoms with E-state index in [1.807, 2.05) is 0 Å². The molecule has 1 unspecified atom stereocenters. The summed E-state index contributed by atoms with van der Waals surface area (Å²) >= 11 is 0. The largest absolute Gasteiger partial charge is 0.368 e. The van der Waals surface area contributed by atoms with E-state index < -0.39 is 17.9 Å². The van der Waals surface area contributed by atoms with Gasteiger partial charge in [0.25, 0.3) is 17.4 Å². The van der Waals surface area contributed by atoms with Crippen molar-refractivity contribution in [1.29, 1.82) is 0 Å². The molecule has 2 heterocycles. The molecule has 1 fully saturated rings. The maximum atomic E-state index is 12.4. The van der Waals surface area contributed by atoms with Crippen LogP contribution >= 0.6 is 0 Å². The Labute approximate surface area is 137 Å². The van der Waals surface area contributed by atoms with E-state index in [1.165, 1.54) is 4.68 Å². The number of hydrazine groups is 1. The maximum absolute atomic E-state index is 12.4. The average Bonchev–Trinajstić information content (AvgIpc) is 3.15. The molecule has 24 heavy (non-hydrogen) atoms. The Bertz CT molecular complexity index is 840. The number of fused-ring (bicyclic) bond motifs is 1. The molecule has 2 aromatic rings. The number of ether oxygens (including phenoxy) is 1. The fraction of sp³-hybridized carbons (Fsp3) is 0.375. The number of nitrogens with zero attached hydrogens (tertiary/aromatic N) is 2. The van der Waals surface area contributed by atoms with E-state index in [1.54, 1.807) is 31.2 Å². The molecule has 2 N–H and O–H groups in total. The molecule has 0 saturated carbocycles. The SMILES string of the molecule is CCn1nc(C(=O)NNC(=O)C2CCCO2)c2ccccc2c1=O. The summed E-state index contributed by atoms with van der Waals surface area (Å²) in [6.07, 6.45) is 0.906. The van der Waals surface area contributed by atoms with Crippen LogP contribution in [0.1, 0.15) is 30.3 Å². The second kappa shape index (κ2) is 6.79. The third-order valence-electron chi connectivity index (χ3n) is 3.90. The van der Waals surface area contributed by atoms with Crippen LogP contribution in [0.2, 0.25) is 0 Å². The number of aromatic nitrogens is 2. The lowest BCUT2D eigenvalue weighted by molar-refractivity contribution is -0.130. The first-order valence-corrected chi connectivity index (χ1v) is 7.83. The van der Waals surface area contributed by atoms with Gasteiger partial charge in [0, 0.05) is 18.5 Å². The molecular formula is C16H18N4O4. The lowest BCUT2D eigenvalue weighted by Gasteiger charge is -2.13. The Balaban J connectivity index is 1.85. The Morgan fingerprint density at radius 2 is 2.04 bits per heavy atom. The normalized spacial score (nSPS) is 17.0. The minimum absolute atomic E-state index is 0.0830. The Hall–Kier alpha value is -2.74. The zero-order chi connectivity index (χ0) is 17.1. The molecule has 0 radical (unpaired) electrons. The zero-order valence-corrected chi connectivity index (χ0v) is 13.2. The highest BCUT2D eigenvalue weighted by Crippen LogP contribution is 2.13. The van der Waals surface area contributed by atoms with Gasteiger partial charge in [0.2, 0.25) is 0 Å². The Kier molecular flexibility index (Phi) is 4.57. The van der Waals surface area contributed by atoms with Gasteiger partial charge in [0.1, 0.15) is 6.10 Å². The van der Waals surface area contributed by atoms with Gasteiger partial charge in [-0.3, -0.25) is 25.2 Å². The molecule has 1 saturated heterocycles. The Morgan fingerprint density at radius 1 is 1.29 bits per heavy atom. The van der Waals surface area contributed by atoms with Crippen LogP contribution in [0.4, 0.5) is 0 Å². The van der Waals surface area contributed by atoms with Gasteiger partial charge in [-0.2, -0.15) is 5.10 Å². The van der Waals surface area contributed by atoms with Crippen LogP contribution in [0, 0.1) is 0 Å². The van der Waals surface area contributed by atoms with E-state index in [0.717, 1.165) is 6.42 Å². The fourth-order valence-corrected chi connectivity index (χ4v) is 2.66. The molecule has 1 aromatic heterocycles. The topological polar surface area (TPSA) is 102 Å². The van der Waals surface area contributed by atoms with E-state index in [2.05, 4.69) is 16.0 Å². The van der Waals surface area contributed by atoms with Crippen molar-refractivity contribution in [2.24, 2.45) is 0 Å². The lowest BCUT2D eigenvalue weighted by atomic mass is 10.1. The quantitative estimate of drug-likeness (QED) is 0.791. The predicted octanol–water partition coefficient (Wildman–Crippen LogP) is 0.356. The van der Waals surface area contributed by atoms with E-state index in [9.17, 15) is 14.4 Å². The van der Waals surface area contributed by atoms with Gasteiger partial charge in [-0.25, -0.2) is 4.68 Å². The summed E-state index contributed by atoms with van der Waals surface area (Å²) < 4.78 is 6.47. The minimum Gasteiger partial charge on any atom is -0.368 e. The molecule has 126 valence electrons. The summed E-state index contributed by atoms with van der Waals surface area (Å²) in [4.78, 5) is 36.6. The molecular weight excluding hydrogens is 312 g/mol. The number of aryl methyl sites for hydroxylation is 1. The lowest BCUT2D eigenvalue weighted by Crippen LogP contribution is -2.46. The second-order valence-corrected chi connectivity index (χ2v) is 5.46. The number of carbonyl (C=O) groups excluding carboxylic acids is 2. The van der Waals surface area contributed by atoms with Crippen LogP contribution in [0.25, 0.3) is 10.8 Å². The van der Waals surface area contributed by atoms with Crippen LogP contribution in [0.15, 0.2) is 29.1 Å². The molecule has 1 aliphatic rings. The maximum Gasteiger partial charge on any atom is 0.290 e. The smallest absolute Gasteiger partial charge is 0.290 e. The van der Waals surface area contributed by atoms with Gasteiger partial charge < -0.3 is 4.74 Å². The van der Waals surface area contributed by atoms with Crippen molar-refractivity contribution in [3.63, 3.8) is 0 Å². The van der Waals surface area contributed by atoms with Gasteiger partial charge in [0.15, 0.2) is 5.69 Å². The van der Waals surface area contributed by atoms with Crippen molar-refractivity contribution >= 4 is 22.6 Å². The molecule has 0 spiro atoms. The number of carbonyl (C=O) groups is 2. The van der Waals surface area contributed by atoms with Crippen molar-refractivity contribution in [3.05, 3.63) is 40.3 Å². The molecule has 0 aliphatic carbocycles. The highest BCUT2D eigenvalue weighted by molar-refractivity contribution is 6.05. The monoisotopic (exact) mass is 330 g/mol. The molecule has 2 amide bonds. The predicted molar refractivity (Wildman–Crippen MR) is 86.3 cm³/mol. The second-order valence-electron chi connectivity index (χ2n) is 5.46. The summed E-state index contributed by atoms with van der Waals surface area (Å²) in [6.45, 7) is 2.65. The van der Waals surface area contributed by atoms with Crippen molar-refractivity contribution in [1.82, 2.24) is 20.6 Å². The zero-order valence-electron chi connectivity index (χ0n) is 13.2. The molecule has 1 aromatic carbocycles. The van der Waals surface area contributed by atoms with Gasteiger partial charge in [-0.15, -0.1) is 0 Å². The van der Waals surface area contributed by atoms with E-state index in [0.29, 0.717) is 30.3 Å². The molecule has 8 heteroatoms. The minimum atomic E-state index is -0.584. The standard InChI is InChI=1S/C16H18N4O4/c1-2-20-16(23)11-7-4-3-6-10(11)13(19-20)15(22)18-17-14(21)12-8-5-9-24-12/h3-4,6-7,12H,2,5,8-9H2,1H3,(H,17,21)(H,18,22). The first-order chi connectivity index (χ1) is 11.6. The van der Waals surface area contributed by atoms with Crippen molar-refractivity contribution in [2.45, 2.75) is 32.4 Å². The fourth-order valence-electron chi connectivity index (χ4n) is 2.66. The molecule has 1 atom stereocenters. The summed E-state index contributed by atoms with van der Waals surface area (Å²) in [5, 5.41) is 4.95. The summed E-state index contributed by atoms with van der Waals surface area (Å²) in [6, 6.07) is 6.75. The van der Waals surface area contributed by atoms with Crippen molar-refractivity contribution in [2.75, 3.05) is 6.61 Å². The van der Waals surface area contributed by atoms with Crippen LogP contribution in [0.3, 0.4) is 0 Å². The number of hydrogen-bond donors (Lipinski definition) is 2.